The lowest BCUT2D eigenvalue weighted by Crippen LogP contribution is -1.92. The molecule has 0 amide bonds. The van der Waals surface area contributed by atoms with Crippen molar-refractivity contribution in [3.63, 3.8) is 0 Å². The van der Waals surface area contributed by atoms with E-state index in [2.05, 4.69) is 34.0 Å². The van der Waals surface area contributed by atoms with E-state index in [1.165, 1.54) is 16.8 Å². The number of nitrogens with one attached hydrogen (secondary N) is 1. The fourth-order valence-electron chi connectivity index (χ4n) is 2.11. The number of anilines is 1. The molecule has 1 aliphatic rings. The van der Waals surface area contributed by atoms with Gasteiger partial charge in [-0.1, -0.05) is 0 Å². The van der Waals surface area contributed by atoms with Gasteiger partial charge in [0, 0.05) is 19.3 Å². The van der Waals surface area contributed by atoms with Gasteiger partial charge in [-0.25, -0.2) is 4.98 Å². The summed E-state index contributed by atoms with van der Waals surface area (Å²) in [5, 5.41) is 3.39. The van der Waals surface area contributed by atoms with Crippen LogP contribution >= 0.6 is 0 Å². The summed E-state index contributed by atoms with van der Waals surface area (Å²) in [7, 11) is 2.06. The molecule has 2 heterocycles. The molecule has 0 unspecified atom stereocenters. The first-order valence-electron chi connectivity index (χ1n) is 4.95. The van der Waals surface area contributed by atoms with Gasteiger partial charge in [-0.05, 0) is 31.0 Å². The average Bonchev–Trinajstić information content (AvgIpc) is 2.70. The zero-order chi connectivity index (χ0) is 9.71. The summed E-state index contributed by atoms with van der Waals surface area (Å²) in [6.45, 7) is 3.10. The summed E-state index contributed by atoms with van der Waals surface area (Å²) >= 11 is 0. The lowest BCUT2D eigenvalue weighted by Gasteiger charge is -2.01. The number of benzene rings is 1. The molecule has 1 aromatic heterocycles. The number of aromatic nitrogens is 2. The second kappa shape index (κ2) is 2.50. The Morgan fingerprint density at radius 1 is 1.43 bits per heavy atom. The van der Waals surface area contributed by atoms with Crippen LogP contribution in [-0.2, 0) is 13.5 Å². The monoisotopic (exact) mass is 187 g/mol. The molecule has 0 saturated heterocycles. The highest BCUT2D eigenvalue weighted by Gasteiger charge is 2.13. The fourth-order valence-corrected chi connectivity index (χ4v) is 2.11. The summed E-state index contributed by atoms with van der Waals surface area (Å²) < 4.78 is 2.13. The molecule has 0 spiro atoms. The van der Waals surface area contributed by atoms with Crippen LogP contribution < -0.4 is 5.32 Å². The highest BCUT2D eigenvalue weighted by atomic mass is 15.1. The largest absolute Gasteiger partial charge is 0.384 e. The predicted octanol–water partition coefficient (Wildman–Crippen LogP) is 1.85. The molecule has 0 bridgehead atoms. The van der Waals surface area contributed by atoms with Crippen molar-refractivity contribution in [1.82, 2.24) is 9.55 Å². The van der Waals surface area contributed by atoms with Crippen LogP contribution in [0.25, 0.3) is 11.0 Å². The molecule has 3 nitrogen and oxygen atoms in total. The lowest BCUT2D eigenvalue weighted by atomic mass is 10.1. The molecular formula is C11H13N3. The third kappa shape index (κ3) is 0.895. The van der Waals surface area contributed by atoms with Crippen LogP contribution in [0.15, 0.2) is 12.1 Å². The summed E-state index contributed by atoms with van der Waals surface area (Å²) in [6, 6.07) is 4.41. The molecule has 1 aliphatic heterocycles. The highest BCUT2D eigenvalue weighted by Crippen LogP contribution is 2.27. The maximum absolute atomic E-state index is 4.53. The van der Waals surface area contributed by atoms with Gasteiger partial charge in [0.25, 0.3) is 0 Å². The van der Waals surface area contributed by atoms with E-state index in [0.717, 1.165) is 24.3 Å². The minimum absolute atomic E-state index is 1.06. The van der Waals surface area contributed by atoms with Gasteiger partial charge < -0.3 is 9.88 Å². The molecule has 72 valence electrons. The van der Waals surface area contributed by atoms with Crippen LogP contribution in [0.2, 0.25) is 0 Å². The highest BCUT2D eigenvalue weighted by molar-refractivity contribution is 5.83. The lowest BCUT2D eigenvalue weighted by molar-refractivity contribution is 0.886. The number of fused-ring (bicyclic) bond motifs is 2. The number of imidazole rings is 1. The van der Waals surface area contributed by atoms with E-state index in [9.17, 15) is 0 Å². The SMILES string of the molecule is Cc1nc2cc3c(cc2n1C)NCC3. The Hall–Kier alpha value is -1.51. The Balaban J connectivity index is 2.38. The number of hydrogen-bond acceptors (Lipinski definition) is 2. The molecular weight excluding hydrogens is 174 g/mol. The van der Waals surface area contributed by atoms with Crippen molar-refractivity contribution in [2.24, 2.45) is 7.05 Å². The molecule has 1 aromatic carbocycles. The number of hydrogen-bond donors (Lipinski definition) is 1. The first-order valence-corrected chi connectivity index (χ1v) is 4.95. The first kappa shape index (κ1) is 7.85. The Labute approximate surface area is 82.8 Å². The average molecular weight is 187 g/mol. The molecule has 14 heavy (non-hydrogen) atoms. The van der Waals surface area contributed by atoms with Crippen molar-refractivity contribution < 1.29 is 0 Å². The number of nitrogens with zero attached hydrogens (tertiary/aromatic N) is 2. The molecule has 3 heteroatoms. The zero-order valence-electron chi connectivity index (χ0n) is 8.46. The number of rotatable bonds is 0. The predicted molar refractivity (Wildman–Crippen MR) is 57.6 cm³/mol. The molecule has 3 rings (SSSR count). The van der Waals surface area contributed by atoms with Crippen molar-refractivity contribution >= 4 is 16.7 Å². The molecule has 1 N–H and O–H groups in total. The Morgan fingerprint density at radius 2 is 2.29 bits per heavy atom. The third-order valence-electron chi connectivity index (χ3n) is 3.04. The van der Waals surface area contributed by atoms with Gasteiger partial charge in [0.2, 0.25) is 0 Å². The molecule has 0 saturated carbocycles. The topological polar surface area (TPSA) is 29.9 Å². The van der Waals surface area contributed by atoms with Gasteiger partial charge >= 0.3 is 0 Å². The quantitative estimate of drug-likeness (QED) is 0.682. The van der Waals surface area contributed by atoms with Crippen molar-refractivity contribution in [3.8, 4) is 0 Å². The normalized spacial score (nSPS) is 14.4. The smallest absolute Gasteiger partial charge is 0.106 e. The Morgan fingerprint density at radius 3 is 3.14 bits per heavy atom. The molecule has 0 atom stereocenters. The van der Waals surface area contributed by atoms with E-state index in [1.807, 2.05) is 6.92 Å². The summed E-state index contributed by atoms with van der Waals surface area (Å²) in [6.07, 6.45) is 1.13. The summed E-state index contributed by atoms with van der Waals surface area (Å²) in [4.78, 5) is 4.53. The van der Waals surface area contributed by atoms with Crippen LogP contribution in [-0.4, -0.2) is 16.1 Å². The van der Waals surface area contributed by atoms with E-state index < -0.39 is 0 Å². The van der Waals surface area contributed by atoms with Crippen LogP contribution in [0.3, 0.4) is 0 Å². The van der Waals surface area contributed by atoms with Crippen molar-refractivity contribution in [3.05, 3.63) is 23.5 Å². The first-order chi connectivity index (χ1) is 6.75. The second-order valence-electron chi connectivity index (χ2n) is 3.89. The van der Waals surface area contributed by atoms with Gasteiger partial charge in [-0.15, -0.1) is 0 Å². The van der Waals surface area contributed by atoms with Gasteiger partial charge in [0.1, 0.15) is 5.82 Å². The van der Waals surface area contributed by atoms with E-state index in [4.69, 9.17) is 0 Å². The van der Waals surface area contributed by atoms with Crippen molar-refractivity contribution in [2.75, 3.05) is 11.9 Å². The van der Waals surface area contributed by atoms with Gasteiger partial charge in [-0.2, -0.15) is 0 Å². The molecule has 2 aromatic rings. The second-order valence-corrected chi connectivity index (χ2v) is 3.89. The Bertz CT molecular complexity index is 511. The zero-order valence-corrected chi connectivity index (χ0v) is 8.46. The van der Waals surface area contributed by atoms with Crippen LogP contribution in [0.5, 0.6) is 0 Å². The van der Waals surface area contributed by atoms with Crippen LogP contribution in [0.1, 0.15) is 11.4 Å². The third-order valence-corrected chi connectivity index (χ3v) is 3.04. The van der Waals surface area contributed by atoms with Gasteiger partial charge in [-0.3, -0.25) is 0 Å². The fraction of sp³-hybridized carbons (Fsp3) is 0.364. The standard InChI is InChI=1S/C11H13N3/c1-7-13-10-5-8-3-4-12-9(8)6-11(10)14(7)2/h5-6,12H,3-4H2,1-2H3. The van der Waals surface area contributed by atoms with E-state index >= 15 is 0 Å². The molecule has 0 radical (unpaired) electrons. The minimum atomic E-state index is 1.06. The molecule has 0 fully saturated rings. The van der Waals surface area contributed by atoms with Crippen molar-refractivity contribution in [2.45, 2.75) is 13.3 Å². The van der Waals surface area contributed by atoms with E-state index in [0.29, 0.717) is 0 Å². The van der Waals surface area contributed by atoms with Gasteiger partial charge in [0.15, 0.2) is 0 Å². The minimum Gasteiger partial charge on any atom is -0.384 e. The van der Waals surface area contributed by atoms with E-state index in [-0.39, 0.29) is 0 Å². The summed E-state index contributed by atoms with van der Waals surface area (Å²) in [5.41, 5.74) is 5.01. The Kier molecular flexibility index (Phi) is 1.40. The van der Waals surface area contributed by atoms with E-state index in [1.54, 1.807) is 0 Å². The number of aryl methyl sites for hydroxylation is 2. The summed E-state index contributed by atoms with van der Waals surface area (Å²) in [5.74, 6) is 1.07. The molecule has 0 aliphatic carbocycles. The van der Waals surface area contributed by atoms with Crippen LogP contribution in [0.4, 0.5) is 5.69 Å². The van der Waals surface area contributed by atoms with Crippen LogP contribution in [0, 0.1) is 6.92 Å². The maximum atomic E-state index is 4.53. The van der Waals surface area contributed by atoms with Gasteiger partial charge in [0.05, 0.1) is 11.0 Å². The maximum Gasteiger partial charge on any atom is 0.106 e. The van der Waals surface area contributed by atoms with Crippen molar-refractivity contribution in [1.29, 1.82) is 0 Å².